The fourth-order valence-electron chi connectivity index (χ4n) is 5.41. The molecule has 0 fully saturated rings. The maximum Gasteiger partial charge on any atom is 0.234 e. The standard InChI is InChI=1S/C37H54N2O2S.BrH/c1-6-7-8-9-10-11-12-13-14-15-16-17-24-41-35-27-31(21-22-34(35)37(3,4)5)28-36(40)38-33-20-18-19-32(26-33)29-39-23-25-42-30(39)2;/h18-23,25-27H,6-17,24,28-29H2,1-5H3;1H. The third-order valence-corrected chi connectivity index (χ3v) is 8.76. The van der Waals surface area contributed by atoms with Gasteiger partial charge in [-0.1, -0.05) is 134 Å². The summed E-state index contributed by atoms with van der Waals surface area (Å²) in [5.74, 6) is 0.906. The average molecular weight is 672 g/mol. The fourth-order valence-corrected chi connectivity index (χ4v) is 6.08. The van der Waals surface area contributed by atoms with Gasteiger partial charge in [-0.15, -0.1) is 0 Å². The number of thiazole rings is 1. The molecule has 0 unspecified atom stereocenters. The van der Waals surface area contributed by atoms with E-state index in [-0.39, 0.29) is 28.3 Å². The van der Waals surface area contributed by atoms with Crippen molar-refractivity contribution in [2.45, 2.75) is 130 Å². The number of aryl methyl sites for hydroxylation is 1. The van der Waals surface area contributed by atoms with Gasteiger partial charge in [0.1, 0.15) is 5.75 Å². The van der Waals surface area contributed by atoms with Crippen LogP contribution in [0.1, 0.15) is 126 Å². The van der Waals surface area contributed by atoms with Crippen LogP contribution in [0, 0.1) is 6.92 Å². The van der Waals surface area contributed by atoms with Crippen LogP contribution in [0.2, 0.25) is 0 Å². The molecule has 0 aliphatic rings. The number of rotatable bonds is 19. The first-order valence-electron chi connectivity index (χ1n) is 16.3. The molecule has 0 bridgehead atoms. The number of benzene rings is 2. The van der Waals surface area contributed by atoms with E-state index in [2.05, 4.69) is 86.4 Å². The second kappa shape index (κ2) is 20.0. The Labute approximate surface area is 276 Å². The number of anilines is 1. The van der Waals surface area contributed by atoms with E-state index in [4.69, 9.17) is 4.74 Å². The lowest BCUT2D eigenvalue weighted by atomic mass is 9.85. The van der Waals surface area contributed by atoms with Crippen molar-refractivity contribution in [1.82, 2.24) is 0 Å². The molecule has 0 radical (unpaired) electrons. The molecule has 4 nitrogen and oxygen atoms in total. The van der Waals surface area contributed by atoms with Crippen LogP contribution in [0.3, 0.4) is 0 Å². The number of halogens is 1. The fraction of sp³-hybridized carbons (Fsp3) is 0.568. The molecule has 2 aromatic carbocycles. The van der Waals surface area contributed by atoms with Crippen molar-refractivity contribution in [3.05, 3.63) is 75.7 Å². The quantitative estimate of drug-likeness (QED) is 0.111. The summed E-state index contributed by atoms with van der Waals surface area (Å²) < 4.78 is 8.56. The molecule has 238 valence electrons. The Hall–Kier alpha value is -2.18. The Balaban J connectivity index is 0.00000645. The minimum Gasteiger partial charge on any atom is -1.00 e. The molecular formula is C37H55BrN2O2S. The number of nitrogens with zero attached hydrogens (tertiary/aromatic N) is 1. The van der Waals surface area contributed by atoms with Crippen LogP contribution in [0.4, 0.5) is 5.69 Å². The van der Waals surface area contributed by atoms with Gasteiger partial charge in [-0.3, -0.25) is 4.79 Å². The topological polar surface area (TPSA) is 42.2 Å². The lowest BCUT2D eigenvalue weighted by Crippen LogP contribution is -3.00. The Morgan fingerprint density at radius 1 is 0.860 bits per heavy atom. The summed E-state index contributed by atoms with van der Waals surface area (Å²) in [4.78, 5) is 13.0. The van der Waals surface area contributed by atoms with Crippen molar-refractivity contribution in [2.75, 3.05) is 11.9 Å². The number of unbranched alkanes of at least 4 members (excludes halogenated alkanes) is 11. The summed E-state index contributed by atoms with van der Waals surface area (Å²) in [6.45, 7) is 12.6. The van der Waals surface area contributed by atoms with Crippen LogP contribution in [0.25, 0.3) is 0 Å². The molecule has 1 amide bonds. The summed E-state index contributed by atoms with van der Waals surface area (Å²) in [5, 5.41) is 6.46. The van der Waals surface area contributed by atoms with Crippen molar-refractivity contribution < 1.29 is 31.1 Å². The molecule has 0 saturated heterocycles. The number of nitrogens with one attached hydrogen (secondary N) is 1. The van der Waals surface area contributed by atoms with Crippen molar-refractivity contribution in [3.8, 4) is 5.75 Å². The molecule has 1 aromatic heterocycles. The van der Waals surface area contributed by atoms with Gasteiger partial charge in [0.05, 0.1) is 18.4 Å². The molecule has 1 N–H and O–H groups in total. The van der Waals surface area contributed by atoms with Crippen LogP contribution in [0.5, 0.6) is 5.75 Å². The van der Waals surface area contributed by atoms with E-state index in [1.54, 1.807) is 11.3 Å². The molecule has 0 saturated carbocycles. The molecule has 3 aromatic rings. The summed E-state index contributed by atoms with van der Waals surface area (Å²) in [5.41, 5.74) is 4.15. The highest BCUT2D eigenvalue weighted by Crippen LogP contribution is 2.32. The van der Waals surface area contributed by atoms with Crippen LogP contribution in [-0.4, -0.2) is 12.5 Å². The highest BCUT2D eigenvalue weighted by molar-refractivity contribution is 7.09. The molecule has 6 heteroatoms. The van der Waals surface area contributed by atoms with Gasteiger partial charge in [-0.25, -0.2) is 0 Å². The van der Waals surface area contributed by atoms with Crippen LogP contribution in [-0.2, 0) is 23.2 Å². The van der Waals surface area contributed by atoms with Crippen LogP contribution in [0.15, 0.2) is 54.0 Å². The Bertz CT molecular complexity index is 1220. The molecule has 1 heterocycles. The number of hydrogen-bond acceptors (Lipinski definition) is 3. The van der Waals surface area contributed by atoms with Crippen molar-refractivity contribution in [2.24, 2.45) is 0 Å². The van der Waals surface area contributed by atoms with Crippen molar-refractivity contribution in [3.63, 3.8) is 0 Å². The minimum atomic E-state index is -0.0219. The van der Waals surface area contributed by atoms with E-state index in [1.165, 1.54) is 86.8 Å². The summed E-state index contributed by atoms with van der Waals surface area (Å²) in [7, 11) is 0. The van der Waals surface area contributed by atoms with Gasteiger partial charge in [-0.2, -0.15) is 4.57 Å². The monoisotopic (exact) mass is 670 g/mol. The molecule has 0 aliphatic heterocycles. The van der Waals surface area contributed by atoms with Gasteiger partial charge < -0.3 is 27.0 Å². The third-order valence-electron chi connectivity index (χ3n) is 7.92. The average Bonchev–Trinajstić information content (AvgIpc) is 3.34. The number of aromatic nitrogens is 1. The number of amides is 1. The summed E-state index contributed by atoms with van der Waals surface area (Å²) >= 11 is 1.74. The molecule has 0 atom stereocenters. The van der Waals surface area contributed by atoms with E-state index in [1.807, 2.05) is 12.1 Å². The van der Waals surface area contributed by atoms with Gasteiger partial charge in [0.25, 0.3) is 0 Å². The van der Waals surface area contributed by atoms with Crippen LogP contribution < -0.4 is 31.6 Å². The number of carbonyl (C=O) groups excluding carboxylic acids is 1. The number of hydrogen-bond donors (Lipinski definition) is 1. The lowest BCUT2D eigenvalue weighted by molar-refractivity contribution is -0.689. The molecule has 43 heavy (non-hydrogen) atoms. The highest BCUT2D eigenvalue weighted by Gasteiger charge is 2.20. The molecule has 0 aliphatic carbocycles. The number of carbonyl (C=O) groups is 1. The van der Waals surface area contributed by atoms with E-state index in [0.29, 0.717) is 6.42 Å². The molecule has 3 rings (SSSR count). The first-order chi connectivity index (χ1) is 20.3. The third kappa shape index (κ3) is 14.0. The molecular weight excluding hydrogens is 616 g/mol. The Morgan fingerprint density at radius 2 is 1.51 bits per heavy atom. The van der Waals surface area contributed by atoms with Crippen molar-refractivity contribution >= 4 is 22.9 Å². The summed E-state index contributed by atoms with van der Waals surface area (Å²) in [6.07, 6.45) is 18.4. The Morgan fingerprint density at radius 3 is 2.12 bits per heavy atom. The van der Waals surface area contributed by atoms with Gasteiger partial charge in [0.15, 0.2) is 12.7 Å². The van der Waals surface area contributed by atoms with E-state index < -0.39 is 0 Å². The summed E-state index contributed by atoms with van der Waals surface area (Å²) in [6, 6.07) is 14.4. The van der Waals surface area contributed by atoms with Gasteiger partial charge >= 0.3 is 0 Å². The smallest absolute Gasteiger partial charge is 0.234 e. The predicted octanol–water partition coefficient (Wildman–Crippen LogP) is 6.95. The first-order valence-corrected chi connectivity index (χ1v) is 17.2. The van der Waals surface area contributed by atoms with Crippen LogP contribution >= 0.6 is 11.3 Å². The SMILES string of the molecule is CCCCCCCCCCCCCCOc1cc(CC(=O)Nc2cccc(C[n+]3ccsc3C)c2)ccc1C(C)(C)C.[Br-]. The zero-order chi connectivity index (χ0) is 30.2. The van der Waals surface area contributed by atoms with E-state index in [0.717, 1.165) is 36.6 Å². The maximum absolute atomic E-state index is 13.0. The second-order valence-corrected chi connectivity index (χ2v) is 13.9. The maximum atomic E-state index is 13.0. The van der Waals surface area contributed by atoms with Crippen molar-refractivity contribution in [1.29, 1.82) is 0 Å². The minimum absolute atomic E-state index is 0. The van der Waals surface area contributed by atoms with Gasteiger partial charge in [-0.05, 0) is 41.2 Å². The normalized spacial score (nSPS) is 11.3. The van der Waals surface area contributed by atoms with Gasteiger partial charge in [0.2, 0.25) is 10.9 Å². The predicted molar refractivity (Wildman–Crippen MR) is 179 cm³/mol. The zero-order valence-corrected chi connectivity index (χ0v) is 29.8. The zero-order valence-electron chi connectivity index (χ0n) is 27.4. The van der Waals surface area contributed by atoms with E-state index in [9.17, 15) is 4.79 Å². The largest absolute Gasteiger partial charge is 1.00 e. The molecule has 0 spiro atoms. The lowest BCUT2D eigenvalue weighted by Gasteiger charge is -2.23. The van der Waals surface area contributed by atoms with E-state index >= 15 is 0 Å². The first kappa shape index (κ1) is 37.0. The second-order valence-electron chi connectivity index (χ2n) is 12.8. The Kier molecular flexibility index (Phi) is 17.2. The van der Waals surface area contributed by atoms with Gasteiger partial charge in [0, 0.05) is 18.2 Å². The highest BCUT2D eigenvalue weighted by atomic mass is 79.9. The number of ether oxygens (including phenoxy) is 1.